The summed E-state index contributed by atoms with van der Waals surface area (Å²) in [5, 5.41) is 18.5. The highest BCUT2D eigenvalue weighted by atomic mass is 35.5. The van der Waals surface area contributed by atoms with Crippen LogP contribution in [0.3, 0.4) is 0 Å². The Morgan fingerprint density at radius 2 is 2.13 bits per heavy atom. The van der Waals surface area contributed by atoms with Gasteiger partial charge in [0.2, 0.25) is 0 Å². The molecule has 1 unspecified atom stereocenters. The van der Waals surface area contributed by atoms with Gasteiger partial charge in [-0.2, -0.15) is 0 Å². The molecule has 1 atom stereocenters. The van der Waals surface area contributed by atoms with Gasteiger partial charge in [-0.25, -0.2) is 4.79 Å². The Balaban J connectivity index is 2.00. The number of hydrogen-bond acceptors (Lipinski definition) is 3. The number of halogens is 1. The van der Waals surface area contributed by atoms with Crippen molar-refractivity contribution in [2.75, 3.05) is 13.1 Å². The summed E-state index contributed by atoms with van der Waals surface area (Å²) >= 11 is 6.05. The first-order valence-electron chi connectivity index (χ1n) is 7.63. The lowest BCUT2D eigenvalue weighted by Gasteiger charge is -2.30. The molecule has 3 rings (SSSR count). The maximum Gasteiger partial charge on any atom is 0.407 e. The predicted octanol–water partition coefficient (Wildman–Crippen LogP) is 3.39. The first kappa shape index (κ1) is 15.8. The highest BCUT2D eigenvalue weighted by Gasteiger charge is 2.29. The number of hydrogen-bond donors (Lipinski definition) is 1. The molecule has 0 saturated carbocycles. The van der Waals surface area contributed by atoms with Gasteiger partial charge in [0.1, 0.15) is 11.6 Å². The topological polar surface area (TPSA) is 71.2 Å². The van der Waals surface area contributed by atoms with Gasteiger partial charge in [0.15, 0.2) is 0 Å². The van der Waals surface area contributed by atoms with Crippen LogP contribution >= 0.6 is 11.6 Å². The second-order valence-electron chi connectivity index (χ2n) is 5.94. The van der Waals surface area contributed by atoms with Gasteiger partial charge < -0.3 is 10.0 Å². The Morgan fingerprint density at radius 3 is 2.83 bits per heavy atom. The predicted molar refractivity (Wildman–Crippen MR) is 87.4 cm³/mol. The Bertz CT molecular complexity index is 744. The van der Waals surface area contributed by atoms with Gasteiger partial charge >= 0.3 is 6.09 Å². The lowest BCUT2D eigenvalue weighted by Crippen LogP contribution is -2.38. The van der Waals surface area contributed by atoms with Crippen molar-refractivity contribution >= 4 is 17.7 Å². The zero-order valence-corrected chi connectivity index (χ0v) is 13.9. The molecule has 1 aromatic heterocycles. The number of carbonyl (C=O) groups is 1. The van der Waals surface area contributed by atoms with Crippen LogP contribution in [0.1, 0.15) is 36.0 Å². The molecule has 2 heterocycles. The first-order valence-corrected chi connectivity index (χ1v) is 8.01. The van der Waals surface area contributed by atoms with E-state index < -0.39 is 6.09 Å². The molecule has 1 aliphatic heterocycles. The summed E-state index contributed by atoms with van der Waals surface area (Å²) in [4.78, 5) is 12.7. The van der Waals surface area contributed by atoms with Gasteiger partial charge in [0.25, 0.3) is 0 Å². The lowest BCUT2D eigenvalue weighted by atomic mass is 9.97. The van der Waals surface area contributed by atoms with Crippen molar-refractivity contribution in [3.05, 3.63) is 40.4 Å². The van der Waals surface area contributed by atoms with Gasteiger partial charge in [0.05, 0.1) is 5.69 Å². The molecule has 0 spiro atoms. The Morgan fingerprint density at radius 1 is 1.35 bits per heavy atom. The summed E-state index contributed by atoms with van der Waals surface area (Å²) in [5.41, 5.74) is 2.02. The third kappa shape index (κ3) is 3.03. The number of aryl methyl sites for hydroxylation is 2. The summed E-state index contributed by atoms with van der Waals surface area (Å²) < 4.78 is 2.02. The number of carboxylic acid groups (broad SMARTS) is 1. The van der Waals surface area contributed by atoms with Crippen molar-refractivity contribution in [1.82, 2.24) is 19.7 Å². The maximum atomic E-state index is 11.3. The molecule has 2 aromatic rings. The summed E-state index contributed by atoms with van der Waals surface area (Å²) in [6, 6.07) is 5.71. The zero-order valence-electron chi connectivity index (χ0n) is 13.2. The smallest absolute Gasteiger partial charge is 0.407 e. The Labute approximate surface area is 139 Å². The minimum absolute atomic E-state index is 0.0520. The molecular formula is C16H19ClN4O2. The van der Waals surface area contributed by atoms with Crippen LogP contribution in [-0.4, -0.2) is 44.0 Å². The molecule has 0 aliphatic carbocycles. The SMILES string of the molecule is Cc1cc(Cl)ccc1-n1c(C)nnc1C1CCCN(C(=O)O)C1. The fraction of sp³-hybridized carbons (Fsp3) is 0.438. The molecule has 1 amide bonds. The number of aromatic nitrogens is 3. The zero-order chi connectivity index (χ0) is 16.6. The van der Waals surface area contributed by atoms with E-state index in [0.29, 0.717) is 18.1 Å². The molecule has 7 heteroatoms. The molecular weight excluding hydrogens is 316 g/mol. The molecule has 0 radical (unpaired) electrons. The van der Waals surface area contributed by atoms with Gasteiger partial charge in [-0.1, -0.05) is 11.6 Å². The van der Waals surface area contributed by atoms with Gasteiger partial charge in [-0.15, -0.1) is 10.2 Å². The second-order valence-corrected chi connectivity index (χ2v) is 6.38. The molecule has 23 heavy (non-hydrogen) atoms. The van der Waals surface area contributed by atoms with Crippen LogP contribution in [0, 0.1) is 13.8 Å². The lowest BCUT2D eigenvalue weighted by molar-refractivity contribution is 0.129. The van der Waals surface area contributed by atoms with E-state index in [-0.39, 0.29) is 5.92 Å². The summed E-state index contributed by atoms with van der Waals surface area (Å²) in [7, 11) is 0. The number of benzene rings is 1. The molecule has 1 aromatic carbocycles. The minimum Gasteiger partial charge on any atom is -0.465 e. The van der Waals surface area contributed by atoms with E-state index >= 15 is 0 Å². The van der Waals surface area contributed by atoms with E-state index in [1.165, 1.54) is 4.90 Å². The van der Waals surface area contributed by atoms with Crippen LogP contribution in [0.5, 0.6) is 0 Å². The number of amides is 1. The van der Waals surface area contributed by atoms with E-state index in [1.807, 2.05) is 36.6 Å². The monoisotopic (exact) mass is 334 g/mol. The van der Waals surface area contributed by atoms with E-state index in [4.69, 9.17) is 11.6 Å². The highest BCUT2D eigenvalue weighted by molar-refractivity contribution is 6.30. The van der Waals surface area contributed by atoms with Crippen molar-refractivity contribution in [3.8, 4) is 5.69 Å². The quantitative estimate of drug-likeness (QED) is 0.913. The summed E-state index contributed by atoms with van der Waals surface area (Å²) in [6.07, 6.45) is 0.872. The second kappa shape index (κ2) is 6.20. The maximum absolute atomic E-state index is 11.3. The van der Waals surface area contributed by atoms with Crippen LogP contribution < -0.4 is 0 Å². The number of likely N-dealkylation sites (tertiary alicyclic amines) is 1. The van der Waals surface area contributed by atoms with E-state index in [1.54, 1.807) is 0 Å². The highest BCUT2D eigenvalue weighted by Crippen LogP contribution is 2.29. The van der Waals surface area contributed by atoms with Crippen molar-refractivity contribution in [2.45, 2.75) is 32.6 Å². The molecule has 1 fully saturated rings. The van der Waals surface area contributed by atoms with E-state index in [2.05, 4.69) is 10.2 Å². The Hall–Kier alpha value is -2.08. The molecule has 1 aliphatic rings. The largest absolute Gasteiger partial charge is 0.465 e. The third-order valence-corrected chi connectivity index (χ3v) is 4.54. The standard InChI is InChI=1S/C16H19ClN4O2/c1-10-8-13(17)5-6-14(10)21-11(2)18-19-15(21)12-4-3-7-20(9-12)16(22)23/h5-6,8,12H,3-4,7,9H2,1-2H3,(H,22,23). The van der Waals surface area contributed by atoms with E-state index in [9.17, 15) is 9.90 Å². The fourth-order valence-electron chi connectivity index (χ4n) is 3.17. The van der Waals surface area contributed by atoms with Crippen LogP contribution in [-0.2, 0) is 0 Å². The number of nitrogens with zero attached hydrogens (tertiary/aromatic N) is 4. The normalized spacial score (nSPS) is 18.2. The van der Waals surface area contributed by atoms with Crippen LogP contribution in [0.2, 0.25) is 5.02 Å². The first-order chi connectivity index (χ1) is 11.0. The van der Waals surface area contributed by atoms with Gasteiger partial charge in [-0.05, 0) is 50.5 Å². The molecule has 6 nitrogen and oxygen atoms in total. The minimum atomic E-state index is -0.875. The van der Waals surface area contributed by atoms with Crippen molar-refractivity contribution in [2.24, 2.45) is 0 Å². The number of piperidine rings is 1. The van der Waals surface area contributed by atoms with Crippen LogP contribution in [0.25, 0.3) is 5.69 Å². The third-order valence-electron chi connectivity index (χ3n) is 4.31. The fourth-order valence-corrected chi connectivity index (χ4v) is 3.40. The Kier molecular flexibility index (Phi) is 4.26. The number of rotatable bonds is 2. The van der Waals surface area contributed by atoms with Gasteiger partial charge in [0, 0.05) is 24.0 Å². The van der Waals surface area contributed by atoms with E-state index in [0.717, 1.165) is 35.7 Å². The van der Waals surface area contributed by atoms with Gasteiger partial charge in [-0.3, -0.25) is 4.57 Å². The average molecular weight is 335 g/mol. The molecule has 1 saturated heterocycles. The molecule has 1 N–H and O–H groups in total. The van der Waals surface area contributed by atoms with Crippen molar-refractivity contribution in [3.63, 3.8) is 0 Å². The average Bonchev–Trinajstić information content (AvgIpc) is 2.89. The van der Waals surface area contributed by atoms with Crippen LogP contribution in [0.4, 0.5) is 4.79 Å². The summed E-state index contributed by atoms with van der Waals surface area (Å²) in [6.45, 7) is 4.94. The molecule has 122 valence electrons. The van der Waals surface area contributed by atoms with Crippen molar-refractivity contribution < 1.29 is 9.90 Å². The van der Waals surface area contributed by atoms with Crippen molar-refractivity contribution in [1.29, 1.82) is 0 Å². The van der Waals surface area contributed by atoms with Crippen LogP contribution in [0.15, 0.2) is 18.2 Å². The molecule has 0 bridgehead atoms. The summed E-state index contributed by atoms with van der Waals surface area (Å²) in [5.74, 6) is 1.66.